The van der Waals surface area contributed by atoms with E-state index in [4.69, 9.17) is 9.47 Å². The van der Waals surface area contributed by atoms with Gasteiger partial charge < -0.3 is 20.1 Å². The number of ether oxygens (including phenoxy) is 2. The van der Waals surface area contributed by atoms with Gasteiger partial charge in [0, 0.05) is 0 Å². The first-order valence-electron chi connectivity index (χ1n) is 8.15. The van der Waals surface area contributed by atoms with Gasteiger partial charge >= 0.3 is 12.2 Å². The van der Waals surface area contributed by atoms with Crippen LogP contribution in [0.2, 0.25) is 0 Å². The Morgan fingerprint density at radius 1 is 0.760 bits per heavy atom. The van der Waals surface area contributed by atoms with E-state index in [1.54, 1.807) is 0 Å². The minimum Gasteiger partial charge on any atom is -0.445 e. The lowest BCUT2D eigenvalue weighted by Crippen LogP contribution is -2.35. The highest BCUT2D eigenvalue weighted by atomic mass is 16.6. The molecular weight excluding hydrogens is 320 g/mol. The molecule has 1 saturated carbocycles. The van der Waals surface area contributed by atoms with Gasteiger partial charge in [-0.2, -0.15) is 0 Å². The predicted molar refractivity (Wildman–Crippen MR) is 91.7 cm³/mol. The van der Waals surface area contributed by atoms with Crippen LogP contribution in [-0.2, 0) is 22.7 Å². The van der Waals surface area contributed by atoms with E-state index in [2.05, 4.69) is 10.6 Å². The molecule has 1 aliphatic carbocycles. The van der Waals surface area contributed by atoms with Crippen molar-refractivity contribution in [2.75, 3.05) is 0 Å². The quantitative estimate of drug-likeness (QED) is 0.847. The molecule has 2 amide bonds. The molecule has 6 heteroatoms. The molecule has 1 fully saturated rings. The number of carbonyl (C=O) groups excluding carboxylic acids is 2. The van der Waals surface area contributed by atoms with Crippen molar-refractivity contribution in [3.05, 3.63) is 71.8 Å². The molecule has 2 N–H and O–H groups in total. The van der Waals surface area contributed by atoms with Crippen molar-refractivity contribution in [2.24, 2.45) is 0 Å². The molecule has 0 radical (unpaired) electrons. The topological polar surface area (TPSA) is 76.7 Å². The van der Waals surface area contributed by atoms with Crippen LogP contribution in [0.25, 0.3) is 0 Å². The number of nitrogens with one attached hydrogen (secondary N) is 2. The molecule has 0 aliphatic heterocycles. The summed E-state index contributed by atoms with van der Waals surface area (Å²) in [7, 11) is 0. The molecule has 0 saturated heterocycles. The fraction of sp³-hybridized carbons (Fsp3) is 0.263. The standard InChI is InChI=1S/C19H20N2O4/c22-18(24-12-14-7-3-1-4-8-14)20-16-11-17(16)21-19(23)25-13-15-9-5-2-6-10-15/h1-10,16-17H,11-13H2,(H,20,22)(H,21,23)/t16-,17-/m0/s1. The summed E-state index contributed by atoms with van der Waals surface area (Å²) in [5, 5.41) is 5.44. The summed E-state index contributed by atoms with van der Waals surface area (Å²) in [5.41, 5.74) is 1.85. The number of alkyl carbamates (subject to hydrolysis) is 2. The molecule has 0 aromatic heterocycles. The van der Waals surface area contributed by atoms with Gasteiger partial charge in [0.1, 0.15) is 13.2 Å². The van der Waals surface area contributed by atoms with Gasteiger partial charge in [-0.05, 0) is 17.5 Å². The number of rotatable bonds is 6. The maximum Gasteiger partial charge on any atom is 0.407 e. The lowest BCUT2D eigenvalue weighted by atomic mass is 10.2. The van der Waals surface area contributed by atoms with Crippen LogP contribution in [0.3, 0.4) is 0 Å². The van der Waals surface area contributed by atoms with E-state index in [-0.39, 0.29) is 25.3 Å². The molecule has 0 spiro atoms. The highest BCUT2D eigenvalue weighted by molar-refractivity contribution is 5.70. The molecule has 0 heterocycles. The van der Waals surface area contributed by atoms with Crippen LogP contribution < -0.4 is 10.6 Å². The second kappa shape index (κ2) is 8.19. The Labute approximate surface area is 146 Å². The second-order valence-corrected chi connectivity index (χ2v) is 5.86. The molecule has 6 nitrogen and oxygen atoms in total. The Morgan fingerprint density at radius 2 is 1.16 bits per heavy atom. The largest absolute Gasteiger partial charge is 0.445 e. The van der Waals surface area contributed by atoms with Crippen LogP contribution in [0.1, 0.15) is 17.5 Å². The fourth-order valence-corrected chi connectivity index (χ4v) is 2.35. The first-order valence-corrected chi connectivity index (χ1v) is 8.15. The maximum absolute atomic E-state index is 11.7. The van der Waals surface area contributed by atoms with Gasteiger partial charge in [0.25, 0.3) is 0 Å². The number of carbonyl (C=O) groups is 2. The first kappa shape index (κ1) is 16.8. The second-order valence-electron chi connectivity index (χ2n) is 5.86. The molecule has 2 aromatic carbocycles. The van der Waals surface area contributed by atoms with E-state index >= 15 is 0 Å². The van der Waals surface area contributed by atoms with Crippen molar-refractivity contribution < 1.29 is 19.1 Å². The lowest BCUT2D eigenvalue weighted by Gasteiger charge is -2.08. The van der Waals surface area contributed by atoms with Crippen LogP contribution >= 0.6 is 0 Å². The summed E-state index contributed by atoms with van der Waals surface area (Å²) in [6.07, 6.45) is -0.312. The SMILES string of the molecule is O=C(N[C@H]1C[C@@H]1NC(=O)OCc1ccccc1)OCc1ccccc1. The summed E-state index contributed by atoms with van der Waals surface area (Å²) >= 11 is 0. The average Bonchev–Trinajstić information content (AvgIpc) is 3.37. The smallest absolute Gasteiger partial charge is 0.407 e. The summed E-state index contributed by atoms with van der Waals surface area (Å²) in [5.74, 6) is 0. The third-order valence-electron chi connectivity index (χ3n) is 3.82. The Hall–Kier alpha value is -3.02. The van der Waals surface area contributed by atoms with E-state index in [9.17, 15) is 9.59 Å². The Bertz CT molecular complexity index is 644. The zero-order valence-corrected chi connectivity index (χ0v) is 13.7. The molecular formula is C19H20N2O4. The number of hydrogen-bond donors (Lipinski definition) is 2. The molecule has 1 aliphatic rings. The van der Waals surface area contributed by atoms with Gasteiger partial charge in [-0.15, -0.1) is 0 Å². The van der Waals surface area contributed by atoms with Gasteiger partial charge in [0.05, 0.1) is 12.1 Å². The van der Waals surface area contributed by atoms with Gasteiger partial charge in [0.15, 0.2) is 0 Å². The molecule has 0 unspecified atom stereocenters. The van der Waals surface area contributed by atoms with Crippen molar-refractivity contribution in [2.45, 2.75) is 31.7 Å². The van der Waals surface area contributed by atoms with Crippen molar-refractivity contribution in [3.8, 4) is 0 Å². The van der Waals surface area contributed by atoms with Crippen molar-refractivity contribution in [1.29, 1.82) is 0 Å². The highest BCUT2D eigenvalue weighted by Gasteiger charge is 2.40. The van der Waals surface area contributed by atoms with Crippen molar-refractivity contribution >= 4 is 12.2 Å². The van der Waals surface area contributed by atoms with Crippen molar-refractivity contribution in [1.82, 2.24) is 10.6 Å². The first-order chi connectivity index (χ1) is 12.2. The van der Waals surface area contributed by atoms with Gasteiger partial charge in [0.2, 0.25) is 0 Å². The van der Waals surface area contributed by atoms with Gasteiger partial charge in [-0.3, -0.25) is 0 Å². The van der Waals surface area contributed by atoms with E-state index in [0.717, 1.165) is 11.1 Å². The molecule has 25 heavy (non-hydrogen) atoms. The zero-order chi connectivity index (χ0) is 17.5. The van der Waals surface area contributed by atoms with E-state index in [1.165, 1.54) is 0 Å². The number of amides is 2. The fourth-order valence-electron chi connectivity index (χ4n) is 2.35. The van der Waals surface area contributed by atoms with Gasteiger partial charge in [-0.25, -0.2) is 9.59 Å². The third kappa shape index (κ3) is 5.53. The third-order valence-corrected chi connectivity index (χ3v) is 3.82. The number of benzene rings is 2. The minimum absolute atomic E-state index is 0.118. The van der Waals surface area contributed by atoms with Crippen LogP contribution in [0, 0.1) is 0 Å². The molecule has 3 rings (SSSR count). The lowest BCUT2D eigenvalue weighted by molar-refractivity contribution is 0.134. The minimum atomic E-state index is -0.490. The highest BCUT2D eigenvalue weighted by Crippen LogP contribution is 2.21. The van der Waals surface area contributed by atoms with Crippen LogP contribution in [0.4, 0.5) is 9.59 Å². The summed E-state index contributed by atoms with van der Waals surface area (Å²) < 4.78 is 10.3. The summed E-state index contributed by atoms with van der Waals surface area (Å²) in [6, 6.07) is 18.7. The van der Waals surface area contributed by atoms with Crippen molar-refractivity contribution in [3.63, 3.8) is 0 Å². The molecule has 2 atom stereocenters. The van der Waals surface area contributed by atoms with E-state index < -0.39 is 12.2 Å². The van der Waals surface area contributed by atoms with Gasteiger partial charge in [-0.1, -0.05) is 60.7 Å². The number of hydrogen-bond acceptors (Lipinski definition) is 4. The van der Waals surface area contributed by atoms with Crippen LogP contribution in [0.15, 0.2) is 60.7 Å². The monoisotopic (exact) mass is 340 g/mol. The Balaban J connectivity index is 1.31. The predicted octanol–water partition coefficient (Wildman–Crippen LogP) is 2.98. The normalized spacial score (nSPS) is 18.1. The molecule has 0 bridgehead atoms. The zero-order valence-electron chi connectivity index (χ0n) is 13.7. The average molecular weight is 340 g/mol. The van der Waals surface area contributed by atoms with E-state index in [0.29, 0.717) is 6.42 Å². The van der Waals surface area contributed by atoms with Crippen LogP contribution in [0.5, 0.6) is 0 Å². The van der Waals surface area contributed by atoms with E-state index in [1.807, 2.05) is 60.7 Å². The van der Waals surface area contributed by atoms with Crippen LogP contribution in [-0.4, -0.2) is 24.3 Å². The maximum atomic E-state index is 11.7. The molecule has 130 valence electrons. The Kier molecular flexibility index (Phi) is 5.51. The Morgan fingerprint density at radius 3 is 1.56 bits per heavy atom. The molecule has 2 aromatic rings. The summed E-state index contributed by atoms with van der Waals surface area (Å²) in [4.78, 5) is 23.5. The summed E-state index contributed by atoms with van der Waals surface area (Å²) in [6.45, 7) is 0.438.